The van der Waals surface area contributed by atoms with Crippen molar-refractivity contribution in [2.45, 2.75) is 13.8 Å². The highest BCUT2D eigenvalue weighted by Gasteiger charge is 2.12. The predicted octanol–water partition coefficient (Wildman–Crippen LogP) is 1.66. The number of rotatable bonds is 0. The molecule has 2 rings (SSSR count). The largest absolute Gasteiger partial charge is 0.507 e. The number of hydrogen-bond acceptors (Lipinski definition) is 4. The van der Waals surface area contributed by atoms with Gasteiger partial charge in [-0.15, -0.1) is 0 Å². The summed E-state index contributed by atoms with van der Waals surface area (Å²) in [5.41, 5.74) is 1.34. The second-order valence-corrected chi connectivity index (χ2v) is 3.26. The maximum atomic E-state index is 9.78. The normalized spacial score (nSPS) is 10.7. The maximum absolute atomic E-state index is 9.78. The Labute approximate surface area is 80.8 Å². The minimum absolute atomic E-state index is 0.158. The molecule has 14 heavy (non-hydrogen) atoms. The highest BCUT2D eigenvalue weighted by atomic mass is 16.3. The molecule has 0 amide bonds. The molecule has 0 saturated heterocycles. The van der Waals surface area contributed by atoms with Gasteiger partial charge in [0.15, 0.2) is 0 Å². The van der Waals surface area contributed by atoms with E-state index >= 15 is 0 Å². The lowest BCUT2D eigenvalue weighted by atomic mass is 10.0. The van der Waals surface area contributed by atoms with Gasteiger partial charge < -0.3 is 10.2 Å². The zero-order valence-corrected chi connectivity index (χ0v) is 7.94. The molecule has 0 aliphatic carbocycles. The average Bonchev–Trinajstić information content (AvgIpc) is 2.23. The van der Waals surface area contributed by atoms with Crippen LogP contribution in [0.5, 0.6) is 11.5 Å². The summed E-state index contributed by atoms with van der Waals surface area (Å²) in [4.78, 5) is 0. The monoisotopic (exact) mass is 190 g/mol. The number of phenolic OH excluding ortho intramolecular Hbond substituents is 2. The zero-order chi connectivity index (χ0) is 10.3. The smallest absolute Gasteiger partial charge is 0.128 e. The average molecular weight is 190 g/mol. The molecule has 0 aliphatic rings. The van der Waals surface area contributed by atoms with E-state index in [1.54, 1.807) is 13.8 Å². The van der Waals surface area contributed by atoms with Crippen molar-refractivity contribution in [3.05, 3.63) is 23.5 Å². The molecule has 0 saturated carbocycles. The van der Waals surface area contributed by atoms with Crippen LogP contribution in [0.3, 0.4) is 0 Å². The molecule has 0 aliphatic heterocycles. The van der Waals surface area contributed by atoms with Gasteiger partial charge in [-0.2, -0.15) is 10.2 Å². The van der Waals surface area contributed by atoms with Crippen LogP contribution in [-0.2, 0) is 0 Å². The molecule has 0 radical (unpaired) electrons. The van der Waals surface area contributed by atoms with E-state index < -0.39 is 0 Å². The molecule has 4 nitrogen and oxygen atoms in total. The predicted molar refractivity (Wildman–Crippen MR) is 52.3 cm³/mol. The Bertz CT molecular complexity index is 462. The van der Waals surface area contributed by atoms with Crippen LogP contribution < -0.4 is 0 Å². The fraction of sp³-hybridized carbons (Fsp3) is 0.200. The van der Waals surface area contributed by atoms with E-state index in [-0.39, 0.29) is 11.5 Å². The Balaban J connectivity index is 3.02. The van der Waals surface area contributed by atoms with Crippen LogP contribution in [0.1, 0.15) is 11.1 Å². The molecule has 1 heterocycles. The van der Waals surface area contributed by atoms with Crippen LogP contribution in [0.4, 0.5) is 0 Å². The van der Waals surface area contributed by atoms with E-state index in [0.717, 1.165) is 0 Å². The van der Waals surface area contributed by atoms with Crippen molar-refractivity contribution in [2.75, 3.05) is 0 Å². The topological polar surface area (TPSA) is 66.2 Å². The van der Waals surface area contributed by atoms with Gasteiger partial charge in [0.2, 0.25) is 0 Å². The first-order valence-corrected chi connectivity index (χ1v) is 4.24. The molecule has 72 valence electrons. The van der Waals surface area contributed by atoms with Crippen LogP contribution in [-0.4, -0.2) is 20.4 Å². The van der Waals surface area contributed by atoms with E-state index in [4.69, 9.17) is 0 Å². The van der Waals surface area contributed by atoms with Crippen molar-refractivity contribution in [3.8, 4) is 11.5 Å². The number of aromatic hydroxyl groups is 2. The van der Waals surface area contributed by atoms with Gasteiger partial charge >= 0.3 is 0 Å². The molecule has 0 spiro atoms. The molecule has 4 heteroatoms. The highest BCUT2D eigenvalue weighted by Crippen LogP contribution is 2.37. The Kier molecular flexibility index (Phi) is 1.77. The summed E-state index contributed by atoms with van der Waals surface area (Å²) in [5, 5.41) is 28.0. The van der Waals surface area contributed by atoms with Crippen LogP contribution in [0, 0.1) is 13.8 Å². The van der Waals surface area contributed by atoms with Crippen LogP contribution >= 0.6 is 0 Å². The molecule has 2 aromatic rings. The van der Waals surface area contributed by atoms with Gasteiger partial charge in [0.1, 0.15) is 11.5 Å². The van der Waals surface area contributed by atoms with Gasteiger partial charge in [-0.3, -0.25) is 0 Å². The van der Waals surface area contributed by atoms with Crippen molar-refractivity contribution >= 4 is 10.8 Å². The molecule has 1 aromatic heterocycles. The van der Waals surface area contributed by atoms with Crippen LogP contribution in [0.15, 0.2) is 12.4 Å². The van der Waals surface area contributed by atoms with Crippen molar-refractivity contribution in [3.63, 3.8) is 0 Å². The lowest BCUT2D eigenvalue weighted by molar-refractivity contribution is 0.462. The first-order valence-electron chi connectivity index (χ1n) is 4.24. The molecule has 0 atom stereocenters. The summed E-state index contributed by atoms with van der Waals surface area (Å²) in [6.45, 7) is 3.51. The van der Waals surface area contributed by atoms with Crippen molar-refractivity contribution < 1.29 is 10.2 Å². The number of fused-ring (bicyclic) bond motifs is 1. The third-order valence-electron chi connectivity index (χ3n) is 2.51. The van der Waals surface area contributed by atoms with E-state index in [9.17, 15) is 10.2 Å². The third kappa shape index (κ3) is 1.00. The Morgan fingerprint density at radius 3 is 1.57 bits per heavy atom. The summed E-state index contributed by atoms with van der Waals surface area (Å²) in [7, 11) is 0. The first-order chi connectivity index (χ1) is 6.63. The number of nitrogens with zero attached hydrogens (tertiary/aromatic N) is 2. The summed E-state index contributed by atoms with van der Waals surface area (Å²) < 4.78 is 0. The second kappa shape index (κ2) is 2.83. The third-order valence-corrected chi connectivity index (χ3v) is 2.51. The van der Waals surface area contributed by atoms with E-state index in [0.29, 0.717) is 21.9 Å². The Morgan fingerprint density at radius 1 is 0.857 bits per heavy atom. The van der Waals surface area contributed by atoms with Crippen molar-refractivity contribution in [1.29, 1.82) is 0 Å². The summed E-state index contributed by atoms with van der Waals surface area (Å²) >= 11 is 0. The number of hydrogen-bond donors (Lipinski definition) is 2. The fourth-order valence-electron chi connectivity index (χ4n) is 1.46. The van der Waals surface area contributed by atoms with E-state index in [2.05, 4.69) is 10.2 Å². The maximum Gasteiger partial charge on any atom is 0.128 e. The molecular weight excluding hydrogens is 180 g/mol. The standard InChI is InChI=1S/C10H10N2O2/c1-5-6(2)10(14)8-4-12-11-3-7(8)9(5)13/h3-4,13-14H,1-2H3. The minimum atomic E-state index is 0.158. The minimum Gasteiger partial charge on any atom is -0.507 e. The highest BCUT2D eigenvalue weighted by molar-refractivity contribution is 5.94. The fourth-order valence-corrected chi connectivity index (χ4v) is 1.46. The Morgan fingerprint density at radius 2 is 1.21 bits per heavy atom. The lowest BCUT2D eigenvalue weighted by Gasteiger charge is -2.09. The van der Waals surface area contributed by atoms with Gasteiger partial charge in [0.25, 0.3) is 0 Å². The summed E-state index contributed by atoms with van der Waals surface area (Å²) in [6, 6.07) is 0. The first kappa shape index (κ1) is 8.74. The number of aromatic nitrogens is 2. The molecule has 0 fully saturated rings. The molecule has 1 aromatic carbocycles. The van der Waals surface area contributed by atoms with Gasteiger partial charge in [0.05, 0.1) is 12.4 Å². The van der Waals surface area contributed by atoms with Gasteiger partial charge in [0, 0.05) is 10.8 Å². The van der Waals surface area contributed by atoms with E-state index in [1.165, 1.54) is 12.4 Å². The molecule has 2 N–H and O–H groups in total. The molecule has 0 unspecified atom stereocenters. The second-order valence-electron chi connectivity index (χ2n) is 3.26. The van der Waals surface area contributed by atoms with Crippen molar-refractivity contribution in [1.82, 2.24) is 10.2 Å². The van der Waals surface area contributed by atoms with Crippen molar-refractivity contribution in [2.24, 2.45) is 0 Å². The lowest BCUT2D eigenvalue weighted by Crippen LogP contribution is -1.88. The zero-order valence-electron chi connectivity index (χ0n) is 7.94. The number of benzene rings is 1. The summed E-state index contributed by atoms with van der Waals surface area (Å²) in [5.74, 6) is 0.315. The number of phenols is 2. The molecular formula is C10H10N2O2. The van der Waals surface area contributed by atoms with Crippen LogP contribution in [0.2, 0.25) is 0 Å². The van der Waals surface area contributed by atoms with Gasteiger partial charge in [-0.25, -0.2) is 0 Å². The van der Waals surface area contributed by atoms with Gasteiger partial charge in [-0.05, 0) is 25.0 Å². The van der Waals surface area contributed by atoms with Crippen LogP contribution in [0.25, 0.3) is 10.8 Å². The molecule has 0 bridgehead atoms. The van der Waals surface area contributed by atoms with Gasteiger partial charge in [-0.1, -0.05) is 0 Å². The SMILES string of the molecule is Cc1c(C)c(O)c2cnncc2c1O. The van der Waals surface area contributed by atoms with E-state index in [1.807, 2.05) is 0 Å². The quantitative estimate of drug-likeness (QED) is 0.620. The summed E-state index contributed by atoms with van der Waals surface area (Å²) in [6.07, 6.45) is 2.88. The Hall–Kier alpha value is -1.84.